The number of nitrogens with one attached hydrogen (secondary N) is 2. The van der Waals surface area contributed by atoms with Crippen LogP contribution in [0.3, 0.4) is 0 Å². The zero-order valence-corrected chi connectivity index (χ0v) is 19.3. The van der Waals surface area contributed by atoms with Gasteiger partial charge in [-0.1, -0.05) is 63.4 Å². The number of ether oxygens (including phenoxy) is 1. The first-order valence-corrected chi connectivity index (χ1v) is 11.7. The first-order chi connectivity index (χ1) is 14.1. The van der Waals surface area contributed by atoms with Crippen molar-refractivity contribution in [3.05, 3.63) is 52.4 Å². The van der Waals surface area contributed by atoms with Gasteiger partial charge in [-0.3, -0.25) is 0 Å². The second kappa shape index (κ2) is 12.6. The van der Waals surface area contributed by atoms with E-state index in [1.807, 2.05) is 31.2 Å². The molecule has 0 radical (unpaired) electrons. The van der Waals surface area contributed by atoms with Crippen molar-refractivity contribution in [3.63, 3.8) is 0 Å². The molecule has 1 aromatic heterocycles. The standard InChI is InChI=1S/C23H32N2O2S2/c1-4-7-11-17(5-2)16-24-23(28)25-21-20(22(26)27-6-3)15-19(29-21)14-18-12-9-8-10-13-18/h8-10,12-13,15,17H,4-7,11,14,16H2,1-3H3,(H2,24,25,28). The highest BCUT2D eigenvalue weighted by molar-refractivity contribution is 7.80. The monoisotopic (exact) mass is 432 g/mol. The number of unbranched alkanes of at least 4 members (excludes halogenated alkanes) is 1. The first kappa shape index (κ1) is 23.4. The third kappa shape index (κ3) is 7.78. The Kier molecular flexibility index (Phi) is 10.2. The number of thiophene rings is 1. The smallest absolute Gasteiger partial charge is 0.341 e. The molecule has 158 valence electrons. The minimum Gasteiger partial charge on any atom is -0.462 e. The van der Waals surface area contributed by atoms with Gasteiger partial charge < -0.3 is 15.4 Å². The van der Waals surface area contributed by atoms with E-state index in [2.05, 4.69) is 36.6 Å². The Morgan fingerprint density at radius 2 is 1.97 bits per heavy atom. The lowest BCUT2D eigenvalue weighted by atomic mass is 9.99. The topological polar surface area (TPSA) is 50.4 Å². The van der Waals surface area contributed by atoms with Crippen molar-refractivity contribution in [2.45, 2.75) is 52.9 Å². The van der Waals surface area contributed by atoms with Crippen molar-refractivity contribution in [2.24, 2.45) is 5.92 Å². The summed E-state index contributed by atoms with van der Waals surface area (Å²) in [6.45, 7) is 7.44. The van der Waals surface area contributed by atoms with Crippen molar-refractivity contribution in [1.82, 2.24) is 5.32 Å². The Morgan fingerprint density at radius 3 is 2.62 bits per heavy atom. The van der Waals surface area contributed by atoms with Crippen molar-refractivity contribution >= 4 is 39.6 Å². The number of thiocarbonyl (C=S) groups is 1. The molecule has 1 unspecified atom stereocenters. The van der Waals surface area contributed by atoms with Gasteiger partial charge in [-0.05, 0) is 43.1 Å². The molecule has 2 rings (SSSR count). The summed E-state index contributed by atoms with van der Waals surface area (Å²) in [5.74, 6) is 0.291. The summed E-state index contributed by atoms with van der Waals surface area (Å²) < 4.78 is 5.24. The van der Waals surface area contributed by atoms with Crippen LogP contribution in [0, 0.1) is 5.92 Å². The first-order valence-electron chi connectivity index (χ1n) is 10.5. The number of anilines is 1. The highest BCUT2D eigenvalue weighted by Crippen LogP contribution is 2.30. The molecular formula is C23H32N2O2S2. The van der Waals surface area contributed by atoms with Crippen LogP contribution in [0.2, 0.25) is 0 Å². The Bertz CT molecular complexity index is 774. The van der Waals surface area contributed by atoms with Crippen LogP contribution < -0.4 is 10.6 Å². The van der Waals surface area contributed by atoms with Gasteiger partial charge in [0.15, 0.2) is 5.11 Å². The van der Waals surface area contributed by atoms with Crippen LogP contribution in [0.1, 0.15) is 67.3 Å². The summed E-state index contributed by atoms with van der Waals surface area (Å²) >= 11 is 7.05. The zero-order valence-electron chi connectivity index (χ0n) is 17.6. The average Bonchev–Trinajstić information content (AvgIpc) is 3.11. The fraction of sp³-hybridized carbons (Fsp3) is 0.478. The maximum absolute atomic E-state index is 12.4. The van der Waals surface area contributed by atoms with Gasteiger partial charge in [-0.25, -0.2) is 4.79 Å². The lowest BCUT2D eigenvalue weighted by molar-refractivity contribution is 0.0528. The van der Waals surface area contributed by atoms with Gasteiger partial charge in [0.05, 0.1) is 12.2 Å². The van der Waals surface area contributed by atoms with E-state index >= 15 is 0 Å². The van der Waals surface area contributed by atoms with E-state index in [1.165, 1.54) is 24.8 Å². The molecule has 0 saturated heterocycles. The van der Waals surface area contributed by atoms with E-state index in [0.29, 0.717) is 23.2 Å². The van der Waals surface area contributed by atoms with Crippen LogP contribution in [0.5, 0.6) is 0 Å². The molecule has 0 fully saturated rings. The van der Waals surface area contributed by atoms with E-state index in [4.69, 9.17) is 17.0 Å². The number of carbonyl (C=O) groups is 1. The molecule has 1 atom stereocenters. The molecule has 0 aliphatic rings. The second-order valence-electron chi connectivity index (χ2n) is 7.09. The molecule has 0 saturated carbocycles. The molecule has 0 bridgehead atoms. The summed E-state index contributed by atoms with van der Waals surface area (Å²) in [5, 5.41) is 7.85. The highest BCUT2D eigenvalue weighted by atomic mass is 32.1. The molecule has 1 aromatic carbocycles. The molecule has 0 spiro atoms. The third-order valence-corrected chi connectivity index (χ3v) is 6.12. The Labute approximate surface area is 184 Å². The second-order valence-corrected chi connectivity index (χ2v) is 8.63. The normalized spacial score (nSPS) is 11.7. The molecule has 0 amide bonds. The number of esters is 1. The maximum atomic E-state index is 12.4. The van der Waals surface area contributed by atoms with Gasteiger partial charge in [0.25, 0.3) is 0 Å². The Morgan fingerprint density at radius 1 is 1.21 bits per heavy atom. The minimum atomic E-state index is -0.317. The summed E-state index contributed by atoms with van der Waals surface area (Å²) in [6.07, 6.45) is 5.55. The summed E-state index contributed by atoms with van der Waals surface area (Å²) in [5.41, 5.74) is 1.75. The summed E-state index contributed by atoms with van der Waals surface area (Å²) in [4.78, 5) is 13.5. The predicted molar refractivity (Wildman–Crippen MR) is 127 cm³/mol. The fourth-order valence-corrected chi connectivity index (χ4v) is 4.44. The van der Waals surface area contributed by atoms with Gasteiger partial charge in [-0.2, -0.15) is 0 Å². The van der Waals surface area contributed by atoms with Crippen LogP contribution in [0.4, 0.5) is 5.00 Å². The SMILES string of the molecule is CCCCC(CC)CNC(=S)Nc1sc(Cc2ccccc2)cc1C(=O)OCC. The highest BCUT2D eigenvalue weighted by Gasteiger charge is 2.18. The van der Waals surface area contributed by atoms with Crippen molar-refractivity contribution in [2.75, 3.05) is 18.5 Å². The van der Waals surface area contributed by atoms with Crippen LogP contribution in [0.25, 0.3) is 0 Å². The third-order valence-electron chi connectivity index (χ3n) is 4.82. The zero-order chi connectivity index (χ0) is 21.1. The number of rotatable bonds is 11. The fourth-order valence-electron chi connectivity index (χ4n) is 3.11. The van der Waals surface area contributed by atoms with Gasteiger partial charge in [-0.15, -0.1) is 11.3 Å². The number of benzene rings is 1. The van der Waals surface area contributed by atoms with E-state index in [0.717, 1.165) is 29.3 Å². The number of carbonyl (C=O) groups excluding carboxylic acids is 1. The van der Waals surface area contributed by atoms with Crippen molar-refractivity contribution < 1.29 is 9.53 Å². The predicted octanol–water partition coefficient (Wildman–Crippen LogP) is 6.02. The average molecular weight is 433 g/mol. The lowest BCUT2D eigenvalue weighted by Crippen LogP contribution is -2.33. The lowest BCUT2D eigenvalue weighted by Gasteiger charge is -2.17. The van der Waals surface area contributed by atoms with E-state index in [1.54, 1.807) is 11.3 Å². The molecule has 2 N–H and O–H groups in total. The molecule has 4 nitrogen and oxygen atoms in total. The van der Waals surface area contributed by atoms with Crippen LogP contribution in [-0.2, 0) is 11.2 Å². The van der Waals surface area contributed by atoms with Gasteiger partial charge in [0.1, 0.15) is 5.00 Å². The van der Waals surface area contributed by atoms with E-state index in [-0.39, 0.29) is 5.97 Å². The molecule has 0 aliphatic heterocycles. The van der Waals surface area contributed by atoms with Gasteiger partial charge >= 0.3 is 5.97 Å². The van der Waals surface area contributed by atoms with Crippen LogP contribution in [-0.4, -0.2) is 24.2 Å². The summed E-state index contributed by atoms with van der Waals surface area (Å²) in [7, 11) is 0. The number of hydrogen-bond donors (Lipinski definition) is 2. The van der Waals surface area contributed by atoms with Gasteiger partial charge in [0.2, 0.25) is 0 Å². The van der Waals surface area contributed by atoms with E-state index < -0.39 is 0 Å². The number of hydrogen-bond acceptors (Lipinski definition) is 4. The van der Waals surface area contributed by atoms with Crippen LogP contribution >= 0.6 is 23.6 Å². The van der Waals surface area contributed by atoms with Crippen molar-refractivity contribution in [1.29, 1.82) is 0 Å². The molecule has 1 heterocycles. The molecule has 29 heavy (non-hydrogen) atoms. The summed E-state index contributed by atoms with van der Waals surface area (Å²) in [6, 6.07) is 12.1. The Hall–Kier alpha value is -1.92. The largest absolute Gasteiger partial charge is 0.462 e. The molecular weight excluding hydrogens is 400 g/mol. The quantitative estimate of drug-likeness (QED) is 0.336. The molecule has 6 heteroatoms. The molecule has 2 aromatic rings. The molecule has 0 aliphatic carbocycles. The van der Waals surface area contributed by atoms with Crippen molar-refractivity contribution in [3.8, 4) is 0 Å². The Balaban J connectivity index is 2.06. The van der Waals surface area contributed by atoms with Crippen LogP contribution in [0.15, 0.2) is 36.4 Å². The van der Waals surface area contributed by atoms with E-state index in [9.17, 15) is 4.79 Å². The van der Waals surface area contributed by atoms with Gasteiger partial charge in [0, 0.05) is 17.8 Å². The maximum Gasteiger partial charge on any atom is 0.341 e. The minimum absolute atomic E-state index is 0.317.